The zero-order valence-electron chi connectivity index (χ0n) is 10.5. The number of benzene rings is 1. The number of hydrogen-bond donors (Lipinski definition) is 1. The summed E-state index contributed by atoms with van der Waals surface area (Å²) in [5, 5.41) is 3.58. The molecule has 0 amide bonds. The Labute approximate surface area is 116 Å². The Bertz CT molecular complexity index is 563. The van der Waals surface area contributed by atoms with E-state index < -0.39 is 5.82 Å². The first-order valence-corrected chi connectivity index (χ1v) is 6.35. The minimum absolute atomic E-state index is 0.124. The number of anilines is 1. The van der Waals surface area contributed by atoms with Crippen molar-refractivity contribution in [2.45, 2.75) is 13.5 Å². The van der Waals surface area contributed by atoms with Crippen LogP contribution in [-0.2, 0) is 6.61 Å². The van der Waals surface area contributed by atoms with Gasteiger partial charge in [0.05, 0.1) is 10.7 Å². The molecule has 100 valence electrons. The quantitative estimate of drug-likeness (QED) is 0.902. The summed E-state index contributed by atoms with van der Waals surface area (Å²) in [4.78, 5) is 4.32. The van der Waals surface area contributed by atoms with Crippen molar-refractivity contribution in [1.29, 1.82) is 0 Å². The summed E-state index contributed by atoms with van der Waals surface area (Å²) in [6.45, 7) is 2.87. The summed E-state index contributed by atoms with van der Waals surface area (Å²) in [7, 11) is 0. The maximum absolute atomic E-state index is 13.4. The topological polar surface area (TPSA) is 34.1 Å². The van der Waals surface area contributed by atoms with E-state index in [1.165, 1.54) is 6.07 Å². The number of rotatable bonds is 5. The SMILES string of the molecule is CCNc1ccc(Cl)c(COc2ccccc2F)n1. The van der Waals surface area contributed by atoms with Gasteiger partial charge in [-0.05, 0) is 31.2 Å². The van der Waals surface area contributed by atoms with Crippen LogP contribution in [0.2, 0.25) is 5.02 Å². The van der Waals surface area contributed by atoms with Gasteiger partial charge in [-0.25, -0.2) is 9.37 Å². The van der Waals surface area contributed by atoms with Gasteiger partial charge in [0.1, 0.15) is 12.4 Å². The van der Waals surface area contributed by atoms with E-state index in [1.54, 1.807) is 30.3 Å². The molecule has 2 aromatic rings. The lowest BCUT2D eigenvalue weighted by molar-refractivity contribution is 0.286. The second-order valence-electron chi connectivity index (χ2n) is 3.87. The first-order valence-electron chi connectivity index (χ1n) is 5.97. The predicted molar refractivity (Wildman–Crippen MR) is 74.1 cm³/mol. The second-order valence-corrected chi connectivity index (χ2v) is 4.28. The molecular formula is C14H14ClFN2O. The smallest absolute Gasteiger partial charge is 0.165 e. The van der Waals surface area contributed by atoms with Crippen molar-refractivity contribution in [1.82, 2.24) is 4.98 Å². The summed E-state index contributed by atoms with van der Waals surface area (Å²) in [6.07, 6.45) is 0. The van der Waals surface area contributed by atoms with Crippen molar-refractivity contribution >= 4 is 17.4 Å². The Morgan fingerprint density at radius 3 is 2.79 bits per heavy atom. The van der Waals surface area contributed by atoms with Gasteiger partial charge in [-0.2, -0.15) is 0 Å². The van der Waals surface area contributed by atoms with Gasteiger partial charge in [0.15, 0.2) is 11.6 Å². The maximum Gasteiger partial charge on any atom is 0.165 e. The molecule has 1 heterocycles. The number of pyridine rings is 1. The van der Waals surface area contributed by atoms with Gasteiger partial charge in [-0.3, -0.25) is 0 Å². The molecular weight excluding hydrogens is 267 g/mol. The van der Waals surface area contributed by atoms with E-state index in [0.29, 0.717) is 10.7 Å². The lowest BCUT2D eigenvalue weighted by Crippen LogP contribution is -2.05. The van der Waals surface area contributed by atoms with Crippen LogP contribution in [0.4, 0.5) is 10.2 Å². The van der Waals surface area contributed by atoms with E-state index in [1.807, 2.05) is 6.92 Å². The van der Waals surface area contributed by atoms with Crippen LogP contribution in [0.3, 0.4) is 0 Å². The van der Waals surface area contributed by atoms with Crippen LogP contribution >= 0.6 is 11.6 Å². The van der Waals surface area contributed by atoms with E-state index in [4.69, 9.17) is 16.3 Å². The second kappa shape index (κ2) is 6.38. The first-order chi connectivity index (χ1) is 9.20. The molecule has 0 aliphatic rings. The maximum atomic E-state index is 13.4. The number of halogens is 2. The average Bonchev–Trinajstić information content (AvgIpc) is 2.41. The van der Waals surface area contributed by atoms with E-state index in [9.17, 15) is 4.39 Å². The van der Waals surface area contributed by atoms with Crippen molar-refractivity contribution < 1.29 is 9.13 Å². The van der Waals surface area contributed by atoms with Gasteiger partial charge in [0, 0.05) is 6.54 Å². The van der Waals surface area contributed by atoms with Crippen LogP contribution in [0.1, 0.15) is 12.6 Å². The molecule has 0 saturated carbocycles. The molecule has 5 heteroatoms. The van der Waals surface area contributed by atoms with E-state index in [0.717, 1.165) is 12.4 Å². The fourth-order valence-electron chi connectivity index (χ4n) is 1.57. The minimum Gasteiger partial charge on any atom is -0.484 e. The summed E-state index contributed by atoms with van der Waals surface area (Å²) >= 11 is 6.04. The third kappa shape index (κ3) is 3.58. The highest BCUT2D eigenvalue weighted by Crippen LogP contribution is 2.21. The minimum atomic E-state index is -0.401. The van der Waals surface area contributed by atoms with E-state index >= 15 is 0 Å². The van der Waals surface area contributed by atoms with Crippen molar-refractivity contribution in [3.8, 4) is 5.75 Å². The normalized spacial score (nSPS) is 10.3. The molecule has 0 fully saturated rings. The zero-order chi connectivity index (χ0) is 13.7. The van der Waals surface area contributed by atoms with E-state index in [-0.39, 0.29) is 12.4 Å². The zero-order valence-corrected chi connectivity index (χ0v) is 11.2. The van der Waals surface area contributed by atoms with Crippen LogP contribution in [-0.4, -0.2) is 11.5 Å². The molecule has 0 aliphatic heterocycles. The molecule has 1 N–H and O–H groups in total. The van der Waals surface area contributed by atoms with Gasteiger partial charge in [0.2, 0.25) is 0 Å². The van der Waals surface area contributed by atoms with Crippen LogP contribution in [0.15, 0.2) is 36.4 Å². The Morgan fingerprint density at radius 1 is 1.26 bits per heavy atom. The molecule has 0 atom stereocenters. The highest BCUT2D eigenvalue weighted by Gasteiger charge is 2.07. The number of nitrogens with one attached hydrogen (secondary N) is 1. The molecule has 0 aliphatic carbocycles. The summed E-state index contributed by atoms with van der Waals surface area (Å²) in [6, 6.07) is 9.77. The van der Waals surface area contributed by atoms with Crippen molar-refractivity contribution in [2.75, 3.05) is 11.9 Å². The van der Waals surface area contributed by atoms with Crippen molar-refractivity contribution in [3.05, 3.63) is 52.9 Å². The number of para-hydroxylation sites is 1. The van der Waals surface area contributed by atoms with Crippen LogP contribution in [0.25, 0.3) is 0 Å². The molecule has 0 radical (unpaired) electrons. The first kappa shape index (κ1) is 13.6. The summed E-state index contributed by atoms with van der Waals surface area (Å²) in [5.41, 5.74) is 0.573. The molecule has 2 rings (SSSR count). The summed E-state index contributed by atoms with van der Waals surface area (Å²) < 4.78 is 18.8. The number of ether oxygens (including phenoxy) is 1. The molecule has 0 saturated heterocycles. The van der Waals surface area contributed by atoms with Gasteiger partial charge in [-0.15, -0.1) is 0 Å². The fourth-order valence-corrected chi connectivity index (χ4v) is 1.73. The predicted octanol–water partition coefficient (Wildman–Crippen LogP) is 3.88. The van der Waals surface area contributed by atoms with Crippen LogP contribution < -0.4 is 10.1 Å². The highest BCUT2D eigenvalue weighted by atomic mass is 35.5. The number of nitrogens with zero attached hydrogens (tertiary/aromatic N) is 1. The van der Waals surface area contributed by atoms with Gasteiger partial charge >= 0.3 is 0 Å². The van der Waals surface area contributed by atoms with E-state index in [2.05, 4.69) is 10.3 Å². The molecule has 0 unspecified atom stereocenters. The highest BCUT2D eigenvalue weighted by molar-refractivity contribution is 6.31. The molecule has 1 aromatic heterocycles. The molecule has 1 aromatic carbocycles. The molecule has 0 bridgehead atoms. The molecule has 3 nitrogen and oxygen atoms in total. The van der Waals surface area contributed by atoms with Crippen molar-refractivity contribution in [3.63, 3.8) is 0 Å². The Morgan fingerprint density at radius 2 is 2.05 bits per heavy atom. The fraction of sp³-hybridized carbons (Fsp3) is 0.214. The van der Waals surface area contributed by atoms with Gasteiger partial charge < -0.3 is 10.1 Å². The largest absolute Gasteiger partial charge is 0.484 e. The Hall–Kier alpha value is -1.81. The Balaban J connectivity index is 2.10. The average molecular weight is 281 g/mol. The molecule has 19 heavy (non-hydrogen) atoms. The van der Waals surface area contributed by atoms with Crippen LogP contribution in [0, 0.1) is 5.82 Å². The van der Waals surface area contributed by atoms with Crippen LogP contribution in [0.5, 0.6) is 5.75 Å². The number of aromatic nitrogens is 1. The monoisotopic (exact) mass is 280 g/mol. The lowest BCUT2D eigenvalue weighted by atomic mass is 10.3. The van der Waals surface area contributed by atoms with Gasteiger partial charge in [0.25, 0.3) is 0 Å². The summed E-state index contributed by atoms with van der Waals surface area (Å²) in [5.74, 6) is 0.509. The standard InChI is InChI=1S/C14H14ClFN2O/c1-2-17-14-8-7-10(15)12(18-14)9-19-13-6-4-3-5-11(13)16/h3-8H,2,9H2,1H3,(H,17,18). The third-order valence-corrected chi connectivity index (χ3v) is 2.82. The molecule has 0 spiro atoms. The Kier molecular flexibility index (Phi) is 4.58. The third-order valence-electron chi connectivity index (χ3n) is 2.48. The van der Waals surface area contributed by atoms with Crippen molar-refractivity contribution in [2.24, 2.45) is 0 Å². The lowest BCUT2D eigenvalue weighted by Gasteiger charge is -2.10. The van der Waals surface area contributed by atoms with Gasteiger partial charge in [-0.1, -0.05) is 23.7 Å². The number of hydrogen-bond acceptors (Lipinski definition) is 3.